The van der Waals surface area contributed by atoms with Gasteiger partial charge < -0.3 is 16.2 Å². The van der Waals surface area contributed by atoms with Crippen LogP contribution in [0.15, 0.2) is 12.5 Å². The number of hydrogen-bond donors (Lipinski definition) is 3. The van der Waals surface area contributed by atoms with Crippen molar-refractivity contribution >= 4 is 11.5 Å². The van der Waals surface area contributed by atoms with Crippen LogP contribution in [0.2, 0.25) is 0 Å². The summed E-state index contributed by atoms with van der Waals surface area (Å²) in [6.07, 6.45) is 4.69. The smallest absolute Gasteiger partial charge is 0.152 e. The van der Waals surface area contributed by atoms with E-state index in [-0.39, 0.29) is 12.6 Å². The standard InChI is InChI=1S/C9H16N4O/c1-7(3-2-4-14)13-9-8(10)5-11-6-12-9/h5-7,14H,2-4,10H2,1H3,(H,11,12,13). The fourth-order valence-corrected chi connectivity index (χ4v) is 1.16. The molecule has 0 aromatic carbocycles. The lowest BCUT2D eigenvalue weighted by Gasteiger charge is -2.14. The van der Waals surface area contributed by atoms with E-state index in [1.165, 1.54) is 6.33 Å². The van der Waals surface area contributed by atoms with Crippen LogP contribution in [0.25, 0.3) is 0 Å². The predicted octanol–water partition coefficient (Wildman–Crippen LogP) is 0.632. The van der Waals surface area contributed by atoms with E-state index in [1.807, 2.05) is 6.92 Å². The first kappa shape index (κ1) is 10.7. The molecule has 1 atom stereocenters. The molecule has 0 radical (unpaired) electrons. The minimum atomic E-state index is 0.214. The van der Waals surface area contributed by atoms with E-state index in [4.69, 9.17) is 10.8 Å². The zero-order valence-electron chi connectivity index (χ0n) is 8.27. The van der Waals surface area contributed by atoms with Crippen LogP contribution in [-0.2, 0) is 0 Å². The van der Waals surface area contributed by atoms with Gasteiger partial charge in [-0.15, -0.1) is 0 Å². The Hall–Kier alpha value is -1.36. The second-order valence-electron chi connectivity index (χ2n) is 3.24. The van der Waals surface area contributed by atoms with Gasteiger partial charge in [0, 0.05) is 12.6 Å². The molecule has 0 saturated carbocycles. The van der Waals surface area contributed by atoms with E-state index >= 15 is 0 Å². The summed E-state index contributed by atoms with van der Waals surface area (Å²) >= 11 is 0. The number of aliphatic hydroxyl groups excluding tert-OH is 1. The zero-order valence-corrected chi connectivity index (χ0v) is 8.27. The molecular formula is C9H16N4O. The summed E-state index contributed by atoms with van der Waals surface area (Å²) < 4.78 is 0. The van der Waals surface area contributed by atoms with Crippen LogP contribution in [0.5, 0.6) is 0 Å². The van der Waals surface area contributed by atoms with Crippen molar-refractivity contribution in [1.29, 1.82) is 0 Å². The van der Waals surface area contributed by atoms with Gasteiger partial charge in [0.1, 0.15) is 6.33 Å². The molecule has 4 N–H and O–H groups in total. The summed E-state index contributed by atoms with van der Waals surface area (Å²) in [4.78, 5) is 7.81. The first-order valence-corrected chi connectivity index (χ1v) is 4.67. The Kier molecular flexibility index (Phi) is 4.12. The van der Waals surface area contributed by atoms with E-state index in [0.717, 1.165) is 12.8 Å². The van der Waals surface area contributed by atoms with Crippen molar-refractivity contribution < 1.29 is 5.11 Å². The third-order valence-corrected chi connectivity index (χ3v) is 1.92. The van der Waals surface area contributed by atoms with Gasteiger partial charge in [-0.25, -0.2) is 9.97 Å². The van der Waals surface area contributed by atoms with Gasteiger partial charge in [-0.1, -0.05) is 0 Å². The Bertz CT molecular complexity index is 279. The minimum Gasteiger partial charge on any atom is -0.396 e. The van der Waals surface area contributed by atoms with Crippen molar-refractivity contribution in [3.8, 4) is 0 Å². The molecular weight excluding hydrogens is 180 g/mol. The third kappa shape index (κ3) is 3.18. The lowest BCUT2D eigenvalue weighted by Crippen LogP contribution is -2.17. The van der Waals surface area contributed by atoms with Gasteiger partial charge in [0.2, 0.25) is 0 Å². The molecule has 1 rings (SSSR count). The van der Waals surface area contributed by atoms with Crippen LogP contribution in [0, 0.1) is 0 Å². The monoisotopic (exact) mass is 196 g/mol. The maximum Gasteiger partial charge on any atom is 0.152 e. The highest BCUT2D eigenvalue weighted by atomic mass is 16.2. The molecule has 0 saturated heterocycles. The molecule has 0 aliphatic heterocycles. The topological polar surface area (TPSA) is 84.1 Å². The van der Waals surface area contributed by atoms with Crippen LogP contribution in [0.4, 0.5) is 11.5 Å². The summed E-state index contributed by atoms with van der Waals surface area (Å²) in [5, 5.41) is 11.8. The SMILES string of the molecule is CC(CCCO)Nc1ncncc1N. The van der Waals surface area contributed by atoms with E-state index in [2.05, 4.69) is 15.3 Å². The number of anilines is 2. The lowest BCUT2D eigenvalue weighted by molar-refractivity contribution is 0.282. The molecule has 1 aromatic heterocycles. The third-order valence-electron chi connectivity index (χ3n) is 1.92. The van der Waals surface area contributed by atoms with Crippen molar-refractivity contribution in [3.63, 3.8) is 0 Å². The summed E-state index contributed by atoms with van der Waals surface area (Å²) in [7, 11) is 0. The van der Waals surface area contributed by atoms with Crippen LogP contribution in [0.1, 0.15) is 19.8 Å². The highest BCUT2D eigenvalue weighted by molar-refractivity contribution is 5.59. The summed E-state index contributed by atoms with van der Waals surface area (Å²) in [6, 6.07) is 0.249. The van der Waals surface area contributed by atoms with E-state index in [0.29, 0.717) is 11.5 Å². The Balaban J connectivity index is 2.47. The number of nitrogens with one attached hydrogen (secondary N) is 1. The highest BCUT2D eigenvalue weighted by Crippen LogP contribution is 2.13. The first-order chi connectivity index (χ1) is 6.74. The summed E-state index contributed by atoms with van der Waals surface area (Å²) in [6.45, 7) is 2.24. The van der Waals surface area contributed by atoms with Gasteiger partial charge >= 0.3 is 0 Å². The van der Waals surface area contributed by atoms with Gasteiger partial charge in [0.15, 0.2) is 5.82 Å². The molecule has 5 heteroatoms. The Morgan fingerprint density at radius 1 is 1.64 bits per heavy atom. The van der Waals surface area contributed by atoms with E-state index in [9.17, 15) is 0 Å². The average molecular weight is 196 g/mol. The van der Waals surface area contributed by atoms with Gasteiger partial charge in [0.05, 0.1) is 11.9 Å². The minimum absolute atomic E-state index is 0.214. The highest BCUT2D eigenvalue weighted by Gasteiger charge is 2.04. The fourth-order valence-electron chi connectivity index (χ4n) is 1.16. The molecule has 1 unspecified atom stereocenters. The molecule has 78 valence electrons. The molecule has 0 amide bonds. The average Bonchev–Trinajstić information content (AvgIpc) is 2.18. The maximum absolute atomic E-state index is 8.66. The van der Waals surface area contributed by atoms with Crippen LogP contribution >= 0.6 is 0 Å². The molecule has 0 spiro atoms. The van der Waals surface area contributed by atoms with Gasteiger partial charge in [-0.05, 0) is 19.8 Å². The molecule has 0 aliphatic carbocycles. The quantitative estimate of drug-likeness (QED) is 0.643. The predicted molar refractivity (Wildman–Crippen MR) is 55.8 cm³/mol. The number of nitrogens with zero attached hydrogens (tertiary/aromatic N) is 2. The molecule has 5 nitrogen and oxygen atoms in total. The molecule has 0 fully saturated rings. The number of hydrogen-bond acceptors (Lipinski definition) is 5. The number of aliphatic hydroxyl groups is 1. The number of nitrogen functional groups attached to an aromatic ring is 1. The zero-order chi connectivity index (χ0) is 10.4. The van der Waals surface area contributed by atoms with Crippen molar-refractivity contribution in [1.82, 2.24) is 9.97 Å². The van der Waals surface area contributed by atoms with Crippen molar-refractivity contribution in [3.05, 3.63) is 12.5 Å². The van der Waals surface area contributed by atoms with Gasteiger partial charge in [-0.3, -0.25) is 0 Å². The molecule has 0 aliphatic rings. The van der Waals surface area contributed by atoms with Crippen LogP contribution in [0.3, 0.4) is 0 Å². The second kappa shape index (κ2) is 5.39. The molecule has 1 heterocycles. The van der Waals surface area contributed by atoms with Gasteiger partial charge in [-0.2, -0.15) is 0 Å². The molecule has 14 heavy (non-hydrogen) atoms. The van der Waals surface area contributed by atoms with Crippen molar-refractivity contribution in [2.75, 3.05) is 17.7 Å². The second-order valence-corrected chi connectivity index (χ2v) is 3.24. The van der Waals surface area contributed by atoms with Crippen molar-refractivity contribution in [2.45, 2.75) is 25.8 Å². The normalized spacial score (nSPS) is 12.4. The Morgan fingerprint density at radius 3 is 3.07 bits per heavy atom. The van der Waals surface area contributed by atoms with E-state index < -0.39 is 0 Å². The number of aromatic nitrogens is 2. The van der Waals surface area contributed by atoms with Gasteiger partial charge in [0.25, 0.3) is 0 Å². The largest absolute Gasteiger partial charge is 0.396 e. The van der Waals surface area contributed by atoms with E-state index in [1.54, 1.807) is 6.20 Å². The fraction of sp³-hybridized carbons (Fsp3) is 0.556. The Labute approximate surface area is 83.4 Å². The Morgan fingerprint density at radius 2 is 2.43 bits per heavy atom. The van der Waals surface area contributed by atoms with Crippen LogP contribution in [-0.4, -0.2) is 27.7 Å². The summed E-state index contributed by atoms with van der Waals surface area (Å²) in [5.41, 5.74) is 6.21. The molecule has 0 bridgehead atoms. The first-order valence-electron chi connectivity index (χ1n) is 4.67. The van der Waals surface area contributed by atoms with Crippen LogP contribution < -0.4 is 11.1 Å². The summed E-state index contributed by atoms with van der Waals surface area (Å²) in [5.74, 6) is 0.658. The number of rotatable bonds is 5. The maximum atomic E-state index is 8.66. The van der Waals surface area contributed by atoms with Crippen molar-refractivity contribution in [2.24, 2.45) is 0 Å². The number of nitrogens with two attached hydrogens (primary N) is 1. The molecule has 1 aromatic rings. The lowest BCUT2D eigenvalue weighted by atomic mass is 10.2.